The highest BCUT2D eigenvalue weighted by Crippen LogP contribution is 2.12. The summed E-state index contributed by atoms with van der Waals surface area (Å²) in [6.07, 6.45) is 0. The Morgan fingerprint density at radius 1 is 1.36 bits per heavy atom. The van der Waals surface area contributed by atoms with E-state index in [0.29, 0.717) is 0 Å². The fourth-order valence-electron chi connectivity index (χ4n) is 0.818. The van der Waals surface area contributed by atoms with Gasteiger partial charge in [0.2, 0.25) is 0 Å². The van der Waals surface area contributed by atoms with Crippen LogP contribution in [0.15, 0.2) is 10.2 Å². The van der Waals surface area contributed by atoms with E-state index in [1.807, 2.05) is 0 Å². The van der Waals surface area contributed by atoms with E-state index in [9.17, 15) is 0 Å². The third-order valence-electron chi connectivity index (χ3n) is 1.06. The van der Waals surface area contributed by atoms with Crippen LogP contribution in [-0.2, 0) is 0 Å². The minimum Gasteiger partial charge on any atom is -0.305 e. The Labute approximate surface area is 79.6 Å². The quantitative estimate of drug-likeness (QED) is 0.681. The first-order chi connectivity index (χ1) is 4.81. The Morgan fingerprint density at radius 2 is 1.82 bits per heavy atom. The van der Waals surface area contributed by atoms with Crippen LogP contribution in [0.2, 0.25) is 19.6 Å². The Morgan fingerprint density at radius 3 is 2.09 bits per heavy atom. The second kappa shape index (κ2) is 4.43. The molecule has 0 aliphatic heterocycles. The van der Waals surface area contributed by atoms with Crippen LogP contribution in [0.4, 0.5) is 0 Å². The monoisotopic (exact) mass is 235 g/mol. The first-order valence-corrected chi connectivity index (χ1v) is 8.20. The maximum Gasteiger partial charge on any atom is 0.0698 e. The molecule has 0 bridgehead atoms. The van der Waals surface area contributed by atoms with Crippen LogP contribution >= 0.6 is 15.9 Å². The maximum atomic E-state index is 3.57. The van der Waals surface area contributed by atoms with E-state index in [0.717, 1.165) is 6.54 Å². The molecule has 0 aliphatic rings. The molecular formula is C8H18BrNSi. The van der Waals surface area contributed by atoms with Crippen molar-refractivity contribution in [2.75, 3.05) is 20.6 Å². The number of rotatable bonds is 3. The van der Waals surface area contributed by atoms with Crippen molar-refractivity contribution in [3.63, 3.8) is 0 Å². The summed E-state index contributed by atoms with van der Waals surface area (Å²) in [5, 5.41) is 0. The van der Waals surface area contributed by atoms with Gasteiger partial charge in [-0.25, -0.2) is 0 Å². The zero-order chi connectivity index (χ0) is 9.07. The van der Waals surface area contributed by atoms with Gasteiger partial charge >= 0.3 is 0 Å². The van der Waals surface area contributed by atoms with Crippen molar-refractivity contribution in [2.24, 2.45) is 0 Å². The topological polar surface area (TPSA) is 3.24 Å². The normalized spacial score (nSPS) is 14.3. The predicted molar refractivity (Wildman–Crippen MR) is 58.9 cm³/mol. The summed E-state index contributed by atoms with van der Waals surface area (Å²) in [6.45, 7) is 8.03. The predicted octanol–water partition coefficient (Wildman–Crippen LogP) is 2.70. The third kappa shape index (κ3) is 8.30. The fourth-order valence-corrected chi connectivity index (χ4v) is 4.41. The van der Waals surface area contributed by atoms with Gasteiger partial charge in [0.1, 0.15) is 0 Å². The molecule has 0 fully saturated rings. The van der Waals surface area contributed by atoms with E-state index < -0.39 is 8.07 Å². The summed E-state index contributed by atoms with van der Waals surface area (Å²) in [6, 6.07) is 0. The summed E-state index contributed by atoms with van der Waals surface area (Å²) in [5.41, 5.74) is 2.38. The second-order valence-corrected chi connectivity index (χ2v) is 10.2. The molecule has 0 saturated heterocycles. The zero-order valence-electron chi connectivity index (χ0n) is 8.11. The molecule has 0 aromatic carbocycles. The molecule has 3 heteroatoms. The number of nitrogens with zero attached hydrogens (tertiary/aromatic N) is 1. The molecule has 0 aromatic heterocycles. The average molecular weight is 236 g/mol. The molecule has 0 radical (unpaired) electrons. The SMILES string of the molecule is CN(C)C/C(Br)=C\[Si](C)(C)C. The summed E-state index contributed by atoms with van der Waals surface area (Å²) in [5.74, 6) is 0. The largest absolute Gasteiger partial charge is 0.305 e. The van der Waals surface area contributed by atoms with Crippen molar-refractivity contribution >= 4 is 24.0 Å². The molecule has 0 heterocycles. The first-order valence-electron chi connectivity index (χ1n) is 3.83. The van der Waals surface area contributed by atoms with Crippen molar-refractivity contribution in [1.82, 2.24) is 4.90 Å². The van der Waals surface area contributed by atoms with Crippen LogP contribution in [0.25, 0.3) is 0 Å². The van der Waals surface area contributed by atoms with Gasteiger partial charge in [-0.1, -0.05) is 41.3 Å². The lowest BCUT2D eigenvalue weighted by Gasteiger charge is -2.13. The molecule has 0 unspecified atom stereocenters. The van der Waals surface area contributed by atoms with Crippen LogP contribution < -0.4 is 0 Å². The van der Waals surface area contributed by atoms with Gasteiger partial charge in [-0.2, -0.15) is 0 Å². The smallest absolute Gasteiger partial charge is 0.0698 e. The van der Waals surface area contributed by atoms with E-state index >= 15 is 0 Å². The van der Waals surface area contributed by atoms with Gasteiger partial charge in [0, 0.05) is 11.0 Å². The van der Waals surface area contributed by atoms with E-state index in [1.54, 1.807) is 0 Å². The first kappa shape index (κ1) is 11.4. The van der Waals surface area contributed by atoms with Gasteiger partial charge in [-0.05, 0) is 14.1 Å². The van der Waals surface area contributed by atoms with Gasteiger partial charge in [-0.3, -0.25) is 0 Å². The Balaban J connectivity index is 4.01. The summed E-state index contributed by atoms with van der Waals surface area (Å²) in [7, 11) is 3.14. The Hall–Kier alpha value is 0.397. The number of hydrogen-bond acceptors (Lipinski definition) is 1. The summed E-state index contributed by atoms with van der Waals surface area (Å²) in [4.78, 5) is 2.17. The van der Waals surface area contributed by atoms with Gasteiger partial charge in [0.05, 0.1) is 8.07 Å². The van der Waals surface area contributed by atoms with Crippen molar-refractivity contribution in [3.8, 4) is 0 Å². The number of likely N-dealkylation sites (N-methyl/N-ethyl adjacent to an activating group) is 1. The molecule has 0 aromatic rings. The molecule has 0 saturated carbocycles. The molecule has 0 amide bonds. The maximum absolute atomic E-state index is 3.57. The van der Waals surface area contributed by atoms with Crippen molar-refractivity contribution in [1.29, 1.82) is 0 Å². The van der Waals surface area contributed by atoms with E-state index in [-0.39, 0.29) is 0 Å². The summed E-state index contributed by atoms with van der Waals surface area (Å²) >= 11 is 3.57. The fraction of sp³-hybridized carbons (Fsp3) is 0.750. The number of halogens is 1. The standard InChI is InChI=1S/C8H18BrNSi/c1-10(2)6-8(9)7-11(3,4)5/h7H,6H2,1-5H3/b8-7+. The highest BCUT2D eigenvalue weighted by atomic mass is 79.9. The lowest BCUT2D eigenvalue weighted by atomic mass is 10.6. The minimum absolute atomic E-state index is 1.02. The third-order valence-corrected chi connectivity index (χ3v) is 3.17. The van der Waals surface area contributed by atoms with Gasteiger partial charge in [-0.15, -0.1) is 0 Å². The lowest BCUT2D eigenvalue weighted by Crippen LogP contribution is -2.19. The molecule has 66 valence electrons. The van der Waals surface area contributed by atoms with E-state index in [2.05, 4.69) is 60.3 Å². The average Bonchev–Trinajstić information content (AvgIpc) is 1.53. The van der Waals surface area contributed by atoms with Crippen LogP contribution in [0.1, 0.15) is 0 Å². The Kier molecular flexibility index (Phi) is 4.59. The van der Waals surface area contributed by atoms with Crippen LogP contribution in [-0.4, -0.2) is 33.6 Å². The molecule has 1 nitrogen and oxygen atoms in total. The van der Waals surface area contributed by atoms with Crippen molar-refractivity contribution < 1.29 is 0 Å². The lowest BCUT2D eigenvalue weighted by molar-refractivity contribution is 0.454. The molecule has 0 rings (SSSR count). The highest BCUT2D eigenvalue weighted by molar-refractivity contribution is 9.11. The van der Waals surface area contributed by atoms with Crippen molar-refractivity contribution in [3.05, 3.63) is 10.2 Å². The van der Waals surface area contributed by atoms with Crippen LogP contribution in [0.3, 0.4) is 0 Å². The molecule has 0 spiro atoms. The van der Waals surface area contributed by atoms with Crippen LogP contribution in [0.5, 0.6) is 0 Å². The molecule has 0 atom stereocenters. The van der Waals surface area contributed by atoms with Gasteiger partial charge in [0.25, 0.3) is 0 Å². The van der Waals surface area contributed by atoms with E-state index in [4.69, 9.17) is 0 Å². The molecule has 0 N–H and O–H groups in total. The summed E-state index contributed by atoms with van der Waals surface area (Å²) < 4.78 is 1.32. The van der Waals surface area contributed by atoms with Gasteiger partial charge < -0.3 is 4.90 Å². The minimum atomic E-state index is -1.02. The van der Waals surface area contributed by atoms with Crippen molar-refractivity contribution in [2.45, 2.75) is 19.6 Å². The second-order valence-electron chi connectivity index (χ2n) is 4.20. The molecular weight excluding hydrogens is 218 g/mol. The van der Waals surface area contributed by atoms with E-state index in [1.165, 1.54) is 4.48 Å². The highest BCUT2D eigenvalue weighted by Gasteiger charge is 2.09. The number of hydrogen-bond donors (Lipinski definition) is 0. The zero-order valence-corrected chi connectivity index (χ0v) is 10.7. The molecule has 0 aliphatic carbocycles. The van der Waals surface area contributed by atoms with Crippen LogP contribution in [0, 0.1) is 0 Å². The Bertz CT molecular complexity index is 147. The molecule has 11 heavy (non-hydrogen) atoms. The van der Waals surface area contributed by atoms with Gasteiger partial charge in [0.15, 0.2) is 0 Å².